The molecule has 0 bridgehead atoms. The second-order valence-electron chi connectivity index (χ2n) is 9.70. The molecule has 2 amide bonds. The molecule has 1 heterocycles. The second-order valence-corrected chi connectivity index (χ2v) is 9.70. The van der Waals surface area contributed by atoms with Crippen LogP contribution >= 0.6 is 0 Å². The van der Waals surface area contributed by atoms with E-state index >= 15 is 0 Å². The summed E-state index contributed by atoms with van der Waals surface area (Å²) >= 11 is 0. The Balaban J connectivity index is 1.66. The number of carbonyl (C=O) groups excluding carboxylic acids is 2. The number of nitrogens with one attached hydrogen (secondary N) is 2. The highest BCUT2D eigenvalue weighted by Crippen LogP contribution is 2.26. The molecule has 0 aromatic heterocycles. The van der Waals surface area contributed by atoms with E-state index in [1.165, 1.54) is 6.42 Å². The maximum Gasteiger partial charge on any atom is 0.410 e. The quantitative estimate of drug-likeness (QED) is 0.346. The van der Waals surface area contributed by atoms with Crippen LogP contribution in [0.4, 0.5) is 4.79 Å². The molecule has 1 aliphatic heterocycles. The summed E-state index contributed by atoms with van der Waals surface area (Å²) in [5, 5.41) is 6.45. The minimum absolute atomic E-state index is 0.213. The van der Waals surface area contributed by atoms with Gasteiger partial charge in [-0.2, -0.15) is 0 Å². The molecule has 1 aliphatic carbocycles. The topological polar surface area (TPSA) is 86.3 Å². The van der Waals surface area contributed by atoms with Gasteiger partial charge in [-0.15, -0.1) is 0 Å². The van der Waals surface area contributed by atoms with E-state index in [9.17, 15) is 9.59 Å². The minimum atomic E-state index is -0.466. The van der Waals surface area contributed by atoms with Crippen molar-refractivity contribution in [2.45, 2.75) is 71.8 Å². The van der Waals surface area contributed by atoms with Gasteiger partial charge in [-0.05, 0) is 65.7 Å². The Bertz CT molecular complexity index is 605. The zero-order chi connectivity index (χ0) is 22.9. The van der Waals surface area contributed by atoms with Crippen molar-refractivity contribution in [2.75, 3.05) is 46.3 Å². The Morgan fingerprint density at radius 2 is 1.74 bits per heavy atom. The van der Waals surface area contributed by atoms with Crippen molar-refractivity contribution in [3.05, 3.63) is 0 Å². The number of hydrogen-bond donors (Lipinski definition) is 2. The van der Waals surface area contributed by atoms with E-state index in [1.807, 2.05) is 39.6 Å². The lowest BCUT2D eigenvalue weighted by atomic mass is 9.85. The third kappa shape index (κ3) is 8.57. The van der Waals surface area contributed by atoms with E-state index in [1.54, 1.807) is 0 Å². The predicted octanol–water partition coefficient (Wildman–Crippen LogP) is 2.84. The van der Waals surface area contributed by atoms with E-state index in [2.05, 4.69) is 20.5 Å². The molecule has 0 aromatic carbocycles. The summed E-state index contributed by atoms with van der Waals surface area (Å²) < 4.78 is 5.53. The zero-order valence-corrected chi connectivity index (χ0v) is 20.2. The van der Waals surface area contributed by atoms with Gasteiger partial charge in [0, 0.05) is 52.2 Å². The number of guanidine groups is 1. The van der Waals surface area contributed by atoms with Crippen LogP contribution in [-0.4, -0.2) is 79.7 Å². The maximum absolute atomic E-state index is 12.4. The number of hydrogen-bond acceptors (Lipinski definition) is 4. The Morgan fingerprint density at radius 1 is 1.10 bits per heavy atom. The number of rotatable bonds is 8. The summed E-state index contributed by atoms with van der Waals surface area (Å²) in [4.78, 5) is 32.8. The SMILES string of the molecule is CCN(CC1CCN(C(=NC)NCCCNC(=O)C2CCC2)CC1)C(=O)OC(C)(C)C. The van der Waals surface area contributed by atoms with Gasteiger partial charge in [0.2, 0.25) is 5.91 Å². The smallest absolute Gasteiger partial charge is 0.410 e. The first-order chi connectivity index (χ1) is 14.7. The third-order valence-electron chi connectivity index (χ3n) is 6.05. The number of aliphatic imine (C=N–C) groups is 1. The lowest BCUT2D eigenvalue weighted by Crippen LogP contribution is -2.48. The fourth-order valence-electron chi connectivity index (χ4n) is 3.95. The van der Waals surface area contributed by atoms with Crippen molar-refractivity contribution in [3.8, 4) is 0 Å². The highest BCUT2D eigenvalue weighted by Gasteiger charge is 2.27. The van der Waals surface area contributed by atoms with Gasteiger partial charge in [0.05, 0.1) is 0 Å². The van der Waals surface area contributed by atoms with Crippen molar-refractivity contribution < 1.29 is 14.3 Å². The van der Waals surface area contributed by atoms with Crippen molar-refractivity contribution in [1.29, 1.82) is 0 Å². The molecule has 8 heteroatoms. The molecule has 1 saturated carbocycles. The summed E-state index contributed by atoms with van der Waals surface area (Å²) in [6.45, 7) is 12.5. The Hall–Kier alpha value is -1.99. The molecule has 0 spiro atoms. The summed E-state index contributed by atoms with van der Waals surface area (Å²) in [5.74, 6) is 1.86. The molecular weight excluding hydrogens is 394 g/mol. The fraction of sp³-hybridized carbons (Fsp3) is 0.870. The van der Waals surface area contributed by atoms with Crippen molar-refractivity contribution in [3.63, 3.8) is 0 Å². The van der Waals surface area contributed by atoms with Crippen molar-refractivity contribution in [1.82, 2.24) is 20.4 Å². The molecule has 0 aromatic rings. The van der Waals surface area contributed by atoms with Gasteiger partial charge in [0.15, 0.2) is 5.96 Å². The summed E-state index contributed by atoms with van der Waals surface area (Å²) in [5.41, 5.74) is -0.466. The minimum Gasteiger partial charge on any atom is -0.444 e. The Labute approximate surface area is 188 Å². The number of carbonyl (C=O) groups is 2. The van der Waals surface area contributed by atoms with Gasteiger partial charge in [-0.3, -0.25) is 9.79 Å². The van der Waals surface area contributed by atoms with E-state index in [-0.39, 0.29) is 17.9 Å². The molecule has 178 valence electrons. The molecule has 0 unspecified atom stereocenters. The molecule has 2 aliphatic rings. The van der Waals surface area contributed by atoms with Crippen LogP contribution in [-0.2, 0) is 9.53 Å². The van der Waals surface area contributed by atoms with Gasteiger partial charge in [-0.1, -0.05) is 6.42 Å². The van der Waals surface area contributed by atoms with Gasteiger partial charge in [0.25, 0.3) is 0 Å². The maximum atomic E-state index is 12.4. The highest BCUT2D eigenvalue weighted by atomic mass is 16.6. The van der Waals surface area contributed by atoms with E-state index < -0.39 is 5.60 Å². The number of likely N-dealkylation sites (tertiary alicyclic amines) is 1. The lowest BCUT2D eigenvalue weighted by molar-refractivity contribution is -0.127. The number of ether oxygens (including phenoxy) is 1. The molecular formula is C23H43N5O3. The van der Waals surface area contributed by atoms with Crippen molar-refractivity contribution >= 4 is 18.0 Å². The first-order valence-corrected chi connectivity index (χ1v) is 11.9. The van der Waals surface area contributed by atoms with Gasteiger partial charge < -0.3 is 25.2 Å². The summed E-state index contributed by atoms with van der Waals surface area (Å²) in [7, 11) is 1.81. The number of piperidine rings is 1. The monoisotopic (exact) mass is 437 g/mol. The Morgan fingerprint density at radius 3 is 2.26 bits per heavy atom. The van der Waals surface area contributed by atoms with Crippen LogP contribution in [0.25, 0.3) is 0 Å². The van der Waals surface area contributed by atoms with Gasteiger partial charge in [0.1, 0.15) is 5.60 Å². The van der Waals surface area contributed by atoms with Crippen LogP contribution < -0.4 is 10.6 Å². The first-order valence-electron chi connectivity index (χ1n) is 11.9. The molecule has 2 rings (SSSR count). The molecule has 2 N–H and O–H groups in total. The van der Waals surface area contributed by atoms with Crippen LogP contribution in [0, 0.1) is 11.8 Å². The normalized spacial score (nSPS) is 18.4. The third-order valence-corrected chi connectivity index (χ3v) is 6.05. The molecule has 31 heavy (non-hydrogen) atoms. The molecule has 8 nitrogen and oxygen atoms in total. The standard InChI is InChI=1S/C23H43N5O3/c1-6-27(22(30)31-23(2,3)4)17-18-11-15-28(16-12-18)21(24-5)26-14-8-13-25-20(29)19-9-7-10-19/h18-19H,6-17H2,1-5H3,(H,24,26)(H,25,29). The van der Waals surface area contributed by atoms with Crippen LogP contribution in [0.5, 0.6) is 0 Å². The average Bonchev–Trinajstić information content (AvgIpc) is 2.66. The molecule has 0 radical (unpaired) electrons. The van der Waals surface area contributed by atoms with Gasteiger partial charge >= 0.3 is 6.09 Å². The van der Waals surface area contributed by atoms with Crippen LogP contribution in [0.2, 0.25) is 0 Å². The molecule has 1 saturated heterocycles. The largest absolute Gasteiger partial charge is 0.444 e. The van der Waals surface area contributed by atoms with E-state index in [0.717, 1.165) is 64.2 Å². The first kappa shape index (κ1) is 25.3. The van der Waals surface area contributed by atoms with Gasteiger partial charge in [-0.25, -0.2) is 4.79 Å². The highest BCUT2D eigenvalue weighted by molar-refractivity contribution is 5.80. The predicted molar refractivity (Wildman–Crippen MR) is 124 cm³/mol. The number of amides is 2. The Kier molecular flexibility index (Phi) is 9.91. The number of nitrogens with zero attached hydrogens (tertiary/aromatic N) is 3. The van der Waals surface area contributed by atoms with E-state index in [0.29, 0.717) is 19.0 Å². The zero-order valence-electron chi connectivity index (χ0n) is 20.2. The average molecular weight is 438 g/mol. The van der Waals surface area contributed by atoms with Crippen LogP contribution in [0.3, 0.4) is 0 Å². The summed E-state index contributed by atoms with van der Waals surface area (Å²) in [6, 6.07) is 0. The fourth-order valence-corrected chi connectivity index (χ4v) is 3.95. The second kappa shape index (κ2) is 12.2. The molecule has 2 fully saturated rings. The van der Waals surface area contributed by atoms with Crippen molar-refractivity contribution in [2.24, 2.45) is 16.8 Å². The summed E-state index contributed by atoms with van der Waals surface area (Å²) in [6.07, 6.45) is 5.98. The van der Waals surface area contributed by atoms with E-state index in [4.69, 9.17) is 4.74 Å². The lowest BCUT2D eigenvalue weighted by Gasteiger charge is -2.36. The molecule has 0 atom stereocenters. The van der Waals surface area contributed by atoms with Crippen LogP contribution in [0.1, 0.15) is 66.2 Å². The van der Waals surface area contributed by atoms with Crippen LogP contribution in [0.15, 0.2) is 4.99 Å².